The van der Waals surface area contributed by atoms with Gasteiger partial charge in [-0.1, -0.05) is 29.8 Å². The molecule has 1 fully saturated rings. The van der Waals surface area contributed by atoms with E-state index in [9.17, 15) is 19.5 Å². The van der Waals surface area contributed by atoms with Gasteiger partial charge in [0, 0.05) is 23.7 Å². The topological polar surface area (TPSA) is 111 Å². The van der Waals surface area contributed by atoms with Gasteiger partial charge in [-0.2, -0.15) is 0 Å². The van der Waals surface area contributed by atoms with Crippen molar-refractivity contribution in [2.75, 3.05) is 6.61 Å². The average Bonchev–Trinajstić information content (AvgIpc) is 2.95. The maximum absolute atomic E-state index is 12.0. The van der Waals surface area contributed by atoms with Crippen molar-refractivity contribution >= 4 is 17.6 Å². The number of esters is 1. The van der Waals surface area contributed by atoms with Crippen LogP contribution in [0.15, 0.2) is 46.1 Å². The van der Waals surface area contributed by atoms with Crippen molar-refractivity contribution < 1.29 is 19.4 Å². The van der Waals surface area contributed by atoms with E-state index < -0.39 is 35.7 Å². The predicted octanol–water partition coefficient (Wildman–Crippen LogP) is 0.624. The molecule has 0 aliphatic carbocycles. The van der Waals surface area contributed by atoms with Crippen LogP contribution in [-0.2, 0) is 20.7 Å². The van der Waals surface area contributed by atoms with Crippen molar-refractivity contribution in [2.24, 2.45) is 0 Å². The molecule has 1 saturated heterocycles. The van der Waals surface area contributed by atoms with E-state index in [0.29, 0.717) is 10.6 Å². The van der Waals surface area contributed by atoms with E-state index in [1.165, 1.54) is 16.8 Å². The highest BCUT2D eigenvalue weighted by atomic mass is 35.5. The monoisotopic (exact) mass is 380 g/mol. The van der Waals surface area contributed by atoms with E-state index in [0.717, 1.165) is 0 Å². The zero-order valence-corrected chi connectivity index (χ0v) is 14.4. The van der Waals surface area contributed by atoms with Crippen molar-refractivity contribution in [3.05, 3.63) is 68.0 Å². The summed E-state index contributed by atoms with van der Waals surface area (Å²) in [5.74, 6) is -0.501. The fourth-order valence-corrected chi connectivity index (χ4v) is 2.92. The molecule has 2 aromatic rings. The summed E-state index contributed by atoms with van der Waals surface area (Å²) in [6, 6.07) is 8.13. The van der Waals surface area contributed by atoms with Gasteiger partial charge in [-0.25, -0.2) is 4.79 Å². The minimum Gasteiger partial charge on any atom is -0.463 e. The second-order valence-corrected chi connectivity index (χ2v) is 6.31. The van der Waals surface area contributed by atoms with E-state index in [-0.39, 0.29) is 19.4 Å². The predicted molar refractivity (Wildman–Crippen MR) is 92.0 cm³/mol. The van der Waals surface area contributed by atoms with E-state index in [1.807, 2.05) is 0 Å². The third-order valence-electron chi connectivity index (χ3n) is 4.07. The van der Waals surface area contributed by atoms with Gasteiger partial charge in [0.1, 0.15) is 18.9 Å². The SMILES string of the molecule is O=C(Cc1ccccc1Cl)OC[C@H]1O[C@@H](n2ccc(=O)[nH]c2=O)C[C@@H]1O. The highest BCUT2D eigenvalue weighted by Gasteiger charge is 2.36. The number of rotatable bonds is 5. The van der Waals surface area contributed by atoms with Crippen molar-refractivity contribution in [2.45, 2.75) is 31.3 Å². The van der Waals surface area contributed by atoms with Crippen LogP contribution in [0.1, 0.15) is 18.2 Å². The molecule has 3 atom stereocenters. The Labute approximate surface area is 152 Å². The summed E-state index contributed by atoms with van der Waals surface area (Å²) in [5, 5.41) is 10.6. The summed E-state index contributed by atoms with van der Waals surface area (Å²) < 4.78 is 11.9. The molecule has 8 nitrogen and oxygen atoms in total. The maximum atomic E-state index is 12.0. The van der Waals surface area contributed by atoms with Crippen LogP contribution < -0.4 is 11.2 Å². The maximum Gasteiger partial charge on any atom is 0.330 e. The number of hydrogen-bond acceptors (Lipinski definition) is 6. The number of ether oxygens (including phenoxy) is 2. The van der Waals surface area contributed by atoms with Crippen molar-refractivity contribution in [3.8, 4) is 0 Å². The van der Waals surface area contributed by atoms with Gasteiger partial charge < -0.3 is 14.6 Å². The Kier molecular flexibility index (Phi) is 5.55. The number of aromatic nitrogens is 2. The van der Waals surface area contributed by atoms with Crippen LogP contribution in [-0.4, -0.2) is 39.4 Å². The van der Waals surface area contributed by atoms with Crippen molar-refractivity contribution in [3.63, 3.8) is 0 Å². The molecule has 2 N–H and O–H groups in total. The van der Waals surface area contributed by atoms with Gasteiger partial charge in [-0.15, -0.1) is 0 Å². The van der Waals surface area contributed by atoms with Crippen molar-refractivity contribution in [1.82, 2.24) is 9.55 Å². The number of nitrogens with zero attached hydrogens (tertiary/aromatic N) is 1. The number of benzene rings is 1. The molecule has 138 valence electrons. The molecule has 1 aliphatic heterocycles. The van der Waals surface area contributed by atoms with Crippen LogP contribution in [0.3, 0.4) is 0 Å². The first-order valence-electron chi connectivity index (χ1n) is 7.98. The number of hydrogen-bond donors (Lipinski definition) is 2. The van der Waals surface area contributed by atoms with Crippen molar-refractivity contribution in [1.29, 1.82) is 0 Å². The number of carbonyl (C=O) groups is 1. The van der Waals surface area contributed by atoms with Gasteiger partial charge >= 0.3 is 11.7 Å². The first-order valence-corrected chi connectivity index (χ1v) is 8.36. The standard InChI is InChI=1S/C17H17ClN2O6/c18-11-4-2-1-3-10(11)7-16(23)25-9-13-12(21)8-15(26-13)20-6-5-14(22)19-17(20)24/h1-6,12-13,15,21H,7-9H2,(H,19,22,24)/t12-,13+,15+/m0/s1. The van der Waals surface area contributed by atoms with Crippen LogP contribution in [0.25, 0.3) is 0 Å². The fourth-order valence-electron chi connectivity index (χ4n) is 2.71. The number of nitrogens with one attached hydrogen (secondary N) is 1. The van der Waals surface area contributed by atoms with E-state index in [4.69, 9.17) is 21.1 Å². The molecule has 0 saturated carbocycles. The Morgan fingerprint density at radius 1 is 1.35 bits per heavy atom. The second-order valence-electron chi connectivity index (χ2n) is 5.90. The fraction of sp³-hybridized carbons (Fsp3) is 0.353. The van der Waals surface area contributed by atoms with Gasteiger partial charge in [0.2, 0.25) is 0 Å². The quantitative estimate of drug-likeness (QED) is 0.736. The Bertz CT molecular complexity index is 908. The lowest BCUT2D eigenvalue weighted by atomic mass is 10.1. The minimum atomic E-state index is -0.910. The van der Waals surface area contributed by atoms with Crippen LogP contribution in [0.2, 0.25) is 5.02 Å². The lowest BCUT2D eigenvalue weighted by molar-refractivity contribution is -0.149. The van der Waals surface area contributed by atoms with Crippen LogP contribution in [0.4, 0.5) is 0 Å². The van der Waals surface area contributed by atoms with Crippen LogP contribution in [0.5, 0.6) is 0 Å². The molecule has 0 spiro atoms. The second kappa shape index (κ2) is 7.86. The molecule has 2 heterocycles. The number of aromatic amines is 1. The van der Waals surface area contributed by atoms with E-state index in [2.05, 4.69) is 4.98 Å². The number of aliphatic hydroxyl groups excluding tert-OH is 1. The number of aliphatic hydroxyl groups is 1. The smallest absolute Gasteiger partial charge is 0.330 e. The lowest BCUT2D eigenvalue weighted by Gasteiger charge is -2.16. The van der Waals surface area contributed by atoms with Gasteiger partial charge in [0.05, 0.1) is 12.5 Å². The summed E-state index contributed by atoms with van der Waals surface area (Å²) in [6.07, 6.45) is -0.989. The molecule has 0 amide bonds. The Morgan fingerprint density at radius 2 is 2.12 bits per heavy atom. The summed E-state index contributed by atoms with van der Waals surface area (Å²) in [6.45, 7) is -0.154. The molecule has 0 bridgehead atoms. The van der Waals surface area contributed by atoms with Gasteiger partial charge in [-0.3, -0.25) is 19.1 Å². The first kappa shape index (κ1) is 18.4. The summed E-state index contributed by atoms with van der Waals surface area (Å²) in [4.78, 5) is 37.0. The first-order chi connectivity index (χ1) is 12.4. The highest BCUT2D eigenvalue weighted by molar-refractivity contribution is 6.31. The van der Waals surface area contributed by atoms with Gasteiger partial charge in [0.25, 0.3) is 5.56 Å². The lowest BCUT2D eigenvalue weighted by Crippen LogP contribution is -2.32. The third-order valence-corrected chi connectivity index (χ3v) is 4.44. The molecule has 26 heavy (non-hydrogen) atoms. The molecular weight excluding hydrogens is 364 g/mol. The van der Waals surface area contributed by atoms with Crippen LogP contribution >= 0.6 is 11.6 Å². The highest BCUT2D eigenvalue weighted by Crippen LogP contribution is 2.27. The molecule has 1 aliphatic rings. The summed E-state index contributed by atoms with van der Waals surface area (Å²) in [5.41, 5.74) is -0.509. The zero-order chi connectivity index (χ0) is 18.7. The third kappa shape index (κ3) is 4.21. The molecule has 0 radical (unpaired) electrons. The van der Waals surface area contributed by atoms with Gasteiger partial charge in [-0.05, 0) is 11.6 Å². The largest absolute Gasteiger partial charge is 0.463 e. The van der Waals surface area contributed by atoms with Crippen LogP contribution in [0, 0.1) is 0 Å². The minimum absolute atomic E-state index is 0.00526. The molecule has 0 unspecified atom stereocenters. The summed E-state index contributed by atoms with van der Waals surface area (Å²) in [7, 11) is 0. The summed E-state index contributed by atoms with van der Waals surface area (Å²) >= 11 is 6.00. The Hall–Kier alpha value is -2.42. The molecule has 9 heteroatoms. The Morgan fingerprint density at radius 3 is 2.85 bits per heavy atom. The molecule has 3 rings (SSSR count). The average molecular weight is 381 g/mol. The van der Waals surface area contributed by atoms with E-state index in [1.54, 1.807) is 24.3 Å². The van der Waals surface area contributed by atoms with E-state index >= 15 is 0 Å². The normalized spacial score (nSPS) is 22.3. The molecular formula is C17H17ClN2O6. The number of H-pyrrole nitrogens is 1. The molecule has 1 aromatic carbocycles. The molecule has 1 aromatic heterocycles. The number of halogens is 1. The van der Waals surface area contributed by atoms with Gasteiger partial charge in [0.15, 0.2) is 0 Å². The number of carbonyl (C=O) groups excluding carboxylic acids is 1. The zero-order valence-electron chi connectivity index (χ0n) is 13.6. The Balaban J connectivity index is 1.57.